The van der Waals surface area contributed by atoms with Gasteiger partial charge in [0.1, 0.15) is 0 Å². The van der Waals surface area contributed by atoms with E-state index in [1.807, 2.05) is 0 Å². The fraction of sp³-hybridized carbons (Fsp3) is 1.00. The van der Waals surface area contributed by atoms with Crippen molar-refractivity contribution in [3.63, 3.8) is 0 Å². The molecule has 0 saturated carbocycles. The van der Waals surface area contributed by atoms with Crippen LogP contribution in [0.2, 0.25) is 0 Å². The molecule has 0 rings (SSSR count). The zero-order chi connectivity index (χ0) is 9.66. The second kappa shape index (κ2) is 36.2. The number of unbranched alkanes of at least 4 members (excludes halogenated alkanes) is 1. The molecular formula is C10H24Cl2NOTi. The van der Waals surface area contributed by atoms with Gasteiger partial charge in [-0.3, -0.25) is 0 Å². The van der Waals surface area contributed by atoms with Crippen LogP contribution in [0, 0.1) is 0 Å². The van der Waals surface area contributed by atoms with Gasteiger partial charge in [0.05, 0.1) is 0 Å². The first-order valence-corrected chi connectivity index (χ1v) is 5.07. The van der Waals surface area contributed by atoms with Gasteiger partial charge in [0.15, 0.2) is 0 Å². The maximum atomic E-state index is 8.07. The third-order valence-electron chi connectivity index (χ3n) is 1.28. The molecule has 0 atom stereocenters. The molecule has 0 spiro atoms. The maximum Gasteiger partial charge on any atom is 3.00 e. The molecule has 0 saturated heterocycles. The second-order valence-corrected chi connectivity index (χ2v) is 2.75. The first-order valence-electron chi connectivity index (χ1n) is 5.07. The van der Waals surface area contributed by atoms with Crippen LogP contribution < -0.4 is 24.8 Å². The molecule has 5 heteroatoms. The van der Waals surface area contributed by atoms with Crippen LogP contribution in [-0.2, 0) is 21.7 Å². The molecule has 15 heavy (non-hydrogen) atoms. The second-order valence-electron chi connectivity index (χ2n) is 2.75. The van der Waals surface area contributed by atoms with Gasteiger partial charge in [-0.1, -0.05) is 40.0 Å². The molecule has 0 bridgehead atoms. The number of rotatable bonds is 6. The zero-order valence-electron chi connectivity index (χ0n) is 10.1. The summed E-state index contributed by atoms with van der Waals surface area (Å²) in [6.07, 6.45) is 4.43. The summed E-state index contributed by atoms with van der Waals surface area (Å²) in [4.78, 5) is 0. The van der Waals surface area contributed by atoms with Crippen molar-refractivity contribution in [2.24, 2.45) is 0 Å². The molecule has 0 fully saturated rings. The normalized spacial score (nSPS) is 7.20. The summed E-state index contributed by atoms with van der Waals surface area (Å²) in [6, 6.07) is 0. The Labute approximate surface area is 123 Å². The molecule has 0 aromatic heterocycles. The van der Waals surface area contributed by atoms with Crippen LogP contribution in [-0.4, -0.2) is 24.8 Å². The van der Waals surface area contributed by atoms with Crippen LogP contribution in [0.1, 0.15) is 46.5 Å². The Hall–Kier alpha value is 1.21. The van der Waals surface area contributed by atoms with Crippen molar-refractivity contribution < 1.29 is 51.6 Å². The van der Waals surface area contributed by atoms with Gasteiger partial charge in [0.2, 0.25) is 0 Å². The van der Waals surface area contributed by atoms with E-state index in [1.165, 1.54) is 12.8 Å². The Morgan fingerprint density at radius 1 is 0.867 bits per heavy atom. The SMILES string of the molecule is CCCCO.CCC[N-]CCC.[Cl-].[Cl-].[Ti+3]. The van der Waals surface area contributed by atoms with Crippen LogP contribution in [0.25, 0.3) is 5.32 Å². The molecule has 0 aromatic rings. The van der Waals surface area contributed by atoms with Crippen molar-refractivity contribution in [1.29, 1.82) is 0 Å². The summed E-state index contributed by atoms with van der Waals surface area (Å²) >= 11 is 0. The zero-order valence-corrected chi connectivity index (χ0v) is 13.2. The quantitative estimate of drug-likeness (QED) is 0.410. The van der Waals surface area contributed by atoms with E-state index < -0.39 is 0 Å². The van der Waals surface area contributed by atoms with Crippen LogP contribution in [0.3, 0.4) is 0 Å². The third kappa shape index (κ3) is 51.0. The minimum Gasteiger partial charge on any atom is -1.00 e. The van der Waals surface area contributed by atoms with Crippen molar-refractivity contribution in [1.82, 2.24) is 0 Å². The fourth-order valence-electron chi connectivity index (χ4n) is 0.586. The van der Waals surface area contributed by atoms with Crippen LogP contribution in [0.15, 0.2) is 0 Å². The predicted molar refractivity (Wildman–Crippen MR) is 55.7 cm³/mol. The third-order valence-corrected chi connectivity index (χ3v) is 1.28. The molecule has 0 unspecified atom stereocenters. The minimum atomic E-state index is 0. The van der Waals surface area contributed by atoms with Gasteiger partial charge in [-0.2, -0.15) is 0 Å². The Kier molecular flexibility index (Phi) is 72.0. The van der Waals surface area contributed by atoms with Crippen molar-refractivity contribution in [3.05, 3.63) is 5.32 Å². The molecule has 0 aliphatic carbocycles. The summed E-state index contributed by atoms with van der Waals surface area (Å²) in [5.41, 5.74) is 0. The molecule has 93 valence electrons. The summed E-state index contributed by atoms with van der Waals surface area (Å²) in [6.45, 7) is 8.80. The van der Waals surface area contributed by atoms with Gasteiger partial charge in [0, 0.05) is 6.61 Å². The van der Waals surface area contributed by atoms with Crippen molar-refractivity contribution in [3.8, 4) is 0 Å². The largest absolute Gasteiger partial charge is 3.00 e. The van der Waals surface area contributed by atoms with Gasteiger partial charge in [0.25, 0.3) is 0 Å². The fourth-order valence-corrected chi connectivity index (χ4v) is 0.586. The van der Waals surface area contributed by atoms with E-state index in [-0.39, 0.29) is 46.5 Å². The average molecular weight is 293 g/mol. The van der Waals surface area contributed by atoms with E-state index in [2.05, 4.69) is 26.1 Å². The summed E-state index contributed by atoms with van der Waals surface area (Å²) in [7, 11) is 0. The Morgan fingerprint density at radius 2 is 1.27 bits per heavy atom. The first-order chi connectivity index (χ1) is 5.83. The monoisotopic (exact) mass is 292 g/mol. The van der Waals surface area contributed by atoms with Crippen molar-refractivity contribution in [2.75, 3.05) is 19.7 Å². The molecule has 2 nitrogen and oxygen atoms in total. The standard InChI is InChI=1S/C6H14N.C4H10O.2ClH.Ti/c1-3-5-7-6-4-2;1-2-3-4-5;;;/h3-6H2,1-2H3;5H,2-4H2,1H3;2*1H;/q-1;;;;+3/p-2. The van der Waals surface area contributed by atoms with Crippen LogP contribution >= 0.6 is 0 Å². The van der Waals surface area contributed by atoms with Gasteiger partial charge >= 0.3 is 21.7 Å². The summed E-state index contributed by atoms with van der Waals surface area (Å²) in [5.74, 6) is 0. The smallest absolute Gasteiger partial charge is 1.00 e. The number of aliphatic hydroxyl groups is 1. The Balaban J connectivity index is -0.0000000383. The predicted octanol–water partition coefficient (Wildman–Crippen LogP) is -3.04. The van der Waals surface area contributed by atoms with Gasteiger partial charge < -0.3 is 35.2 Å². The van der Waals surface area contributed by atoms with Gasteiger partial charge in [-0.15, -0.1) is 13.1 Å². The van der Waals surface area contributed by atoms with Crippen molar-refractivity contribution in [2.45, 2.75) is 46.5 Å². The maximum absolute atomic E-state index is 8.07. The molecule has 0 aliphatic heterocycles. The van der Waals surface area contributed by atoms with E-state index in [4.69, 9.17) is 5.11 Å². The summed E-state index contributed by atoms with van der Waals surface area (Å²) < 4.78 is 0. The van der Waals surface area contributed by atoms with Crippen LogP contribution in [0.4, 0.5) is 0 Å². The molecular weight excluding hydrogens is 269 g/mol. The van der Waals surface area contributed by atoms with E-state index in [0.717, 1.165) is 25.9 Å². The summed E-state index contributed by atoms with van der Waals surface area (Å²) in [5, 5.41) is 12.3. The number of aliphatic hydroxyl groups excluding tert-OH is 1. The topological polar surface area (TPSA) is 34.3 Å². The van der Waals surface area contributed by atoms with E-state index in [0.29, 0.717) is 6.61 Å². The number of hydrogen-bond acceptors (Lipinski definition) is 1. The Morgan fingerprint density at radius 3 is 1.40 bits per heavy atom. The van der Waals surface area contributed by atoms with E-state index >= 15 is 0 Å². The Bertz CT molecular complexity index is 65.4. The van der Waals surface area contributed by atoms with Crippen LogP contribution in [0.5, 0.6) is 0 Å². The van der Waals surface area contributed by atoms with Crippen molar-refractivity contribution >= 4 is 0 Å². The molecule has 0 heterocycles. The average Bonchev–Trinajstić information content (AvgIpc) is 2.08. The molecule has 1 radical (unpaired) electrons. The van der Waals surface area contributed by atoms with E-state index in [1.54, 1.807) is 0 Å². The molecule has 0 aliphatic rings. The number of hydrogen-bond donors (Lipinski definition) is 1. The molecule has 1 N–H and O–H groups in total. The number of halogens is 2. The van der Waals surface area contributed by atoms with Gasteiger partial charge in [-0.25, -0.2) is 0 Å². The molecule has 0 amide bonds. The molecule has 0 aromatic carbocycles. The van der Waals surface area contributed by atoms with Gasteiger partial charge in [-0.05, 0) is 6.42 Å². The van der Waals surface area contributed by atoms with E-state index in [9.17, 15) is 0 Å². The minimum absolute atomic E-state index is 0. The first kappa shape index (κ1) is 29.8. The number of nitrogens with zero attached hydrogens (tertiary/aromatic N) is 1.